The van der Waals surface area contributed by atoms with Gasteiger partial charge in [0.25, 0.3) is 10.1 Å². The van der Waals surface area contributed by atoms with Crippen LogP contribution in [0.4, 0.5) is 4.39 Å². The monoisotopic (exact) mass is 257 g/mol. The summed E-state index contributed by atoms with van der Waals surface area (Å²) in [4.78, 5) is 0. The third-order valence-corrected chi connectivity index (χ3v) is 2.59. The number of nitrogens with one attached hydrogen (secondary N) is 1. The van der Waals surface area contributed by atoms with Crippen molar-refractivity contribution >= 4 is 10.1 Å². The molecule has 0 radical (unpaired) electrons. The van der Waals surface area contributed by atoms with Crippen molar-refractivity contribution in [3.8, 4) is 0 Å². The molecule has 2 N–H and O–H groups in total. The highest BCUT2D eigenvalue weighted by Gasteiger charge is 2.02. The lowest BCUT2D eigenvalue weighted by Crippen LogP contribution is -2.03. The normalized spacial score (nSPS) is 10.8. The third kappa shape index (κ3) is 23.5. The highest BCUT2D eigenvalue weighted by Crippen LogP contribution is 2.06. The summed E-state index contributed by atoms with van der Waals surface area (Å²) < 4.78 is 40.5. The Kier molecular flexibility index (Phi) is 14.6. The van der Waals surface area contributed by atoms with E-state index in [1.807, 2.05) is 14.1 Å². The molecule has 0 saturated carbocycles. The van der Waals surface area contributed by atoms with E-state index in [1.54, 1.807) is 0 Å². The molecule has 0 aliphatic carbocycles. The van der Waals surface area contributed by atoms with Crippen molar-refractivity contribution in [2.45, 2.75) is 38.5 Å². The second kappa shape index (κ2) is 12.9. The first-order valence-corrected chi connectivity index (χ1v) is 7.18. The molecular weight excluding hydrogens is 233 g/mol. The Morgan fingerprint density at radius 2 is 1.38 bits per heavy atom. The van der Waals surface area contributed by atoms with Crippen LogP contribution >= 0.6 is 0 Å². The van der Waals surface area contributed by atoms with Gasteiger partial charge in [0.05, 0.1) is 12.4 Å². The van der Waals surface area contributed by atoms with E-state index in [1.165, 1.54) is 0 Å². The van der Waals surface area contributed by atoms with Gasteiger partial charge in [0.1, 0.15) is 0 Å². The predicted molar refractivity (Wildman–Crippen MR) is 65.1 cm³/mol. The number of rotatable bonds is 8. The molecule has 0 heterocycles. The van der Waals surface area contributed by atoms with E-state index >= 15 is 0 Å². The van der Waals surface area contributed by atoms with E-state index in [9.17, 15) is 12.8 Å². The first-order chi connectivity index (χ1) is 7.47. The quantitative estimate of drug-likeness (QED) is 0.516. The van der Waals surface area contributed by atoms with Crippen molar-refractivity contribution in [1.82, 2.24) is 5.32 Å². The first kappa shape index (κ1) is 18.2. The van der Waals surface area contributed by atoms with Crippen LogP contribution in [0.1, 0.15) is 38.5 Å². The summed E-state index contributed by atoms with van der Waals surface area (Å²) in [5.74, 6) is -0.157. The molecule has 16 heavy (non-hydrogen) atoms. The molecule has 100 valence electrons. The first-order valence-electron chi connectivity index (χ1n) is 5.57. The van der Waals surface area contributed by atoms with Crippen LogP contribution in [0, 0.1) is 0 Å². The minimum atomic E-state index is -3.78. The highest BCUT2D eigenvalue weighted by molar-refractivity contribution is 7.85. The van der Waals surface area contributed by atoms with E-state index in [0.29, 0.717) is 12.8 Å². The van der Waals surface area contributed by atoms with E-state index < -0.39 is 10.1 Å². The lowest BCUT2D eigenvalue weighted by molar-refractivity contribution is 0.450. The Labute approximate surface area is 98.4 Å². The van der Waals surface area contributed by atoms with Gasteiger partial charge in [-0.25, -0.2) is 0 Å². The van der Waals surface area contributed by atoms with Crippen molar-refractivity contribution in [3.05, 3.63) is 0 Å². The number of hydrogen-bond acceptors (Lipinski definition) is 3. The van der Waals surface area contributed by atoms with Crippen molar-refractivity contribution in [3.63, 3.8) is 0 Å². The smallest absolute Gasteiger partial charge is 0.264 e. The highest BCUT2D eigenvalue weighted by atomic mass is 32.2. The van der Waals surface area contributed by atoms with Gasteiger partial charge in [-0.2, -0.15) is 8.42 Å². The van der Waals surface area contributed by atoms with Crippen LogP contribution in [-0.2, 0) is 10.1 Å². The number of halogens is 1. The molecule has 6 heteroatoms. The Morgan fingerprint density at radius 3 is 1.75 bits per heavy atom. The summed E-state index contributed by atoms with van der Waals surface area (Å²) in [5.41, 5.74) is 0. The van der Waals surface area contributed by atoms with E-state index in [0.717, 1.165) is 25.7 Å². The fourth-order valence-corrected chi connectivity index (χ4v) is 1.65. The maximum atomic E-state index is 11.6. The van der Waals surface area contributed by atoms with Crippen LogP contribution in [0.25, 0.3) is 0 Å². The zero-order valence-corrected chi connectivity index (χ0v) is 11.0. The van der Waals surface area contributed by atoms with Crippen molar-refractivity contribution < 1.29 is 17.4 Å². The Bertz CT molecular complexity index is 220. The summed E-state index contributed by atoms with van der Waals surface area (Å²) in [6, 6.07) is 0. The summed E-state index contributed by atoms with van der Waals surface area (Å²) >= 11 is 0. The van der Waals surface area contributed by atoms with Gasteiger partial charge in [0.15, 0.2) is 0 Å². The maximum absolute atomic E-state index is 11.6. The zero-order valence-electron chi connectivity index (χ0n) is 10.2. The van der Waals surface area contributed by atoms with Crippen LogP contribution in [0.15, 0.2) is 0 Å². The molecule has 0 aliphatic heterocycles. The largest absolute Gasteiger partial charge is 0.323 e. The molecule has 0 spiro atoms. The Morgan fingerprint density at radius 1 is 1.00 bits per heavy atom. The fraction of sp³-hybridized carbons (Fsp3) is 1.00. The third-order valence-electron chi connectivity index (χ3n) is 1.79. The standard InChI is InChI=1S/C8H17FO3S.C2H7N/c9-7-5-3-1-2-4-6-8-13(10,11)12;1-3-2/h1-8H2,(H,10,11,12);3H,1-2H3. The molecule has 0 aromatic heterocycles. The van der Waals surface area contributed by atoms with Gasteiger partial charge in [-0.05, 0) is 26.9 Å². The Balaban J connectivity index is 0. The number of alkyl halides is 1. The SMILES string of the molecule is CNC.O=S(=O)(O)CCCCCCCCF. The van der Waals surface area contributed by atoms with Crippen LogP contribution in [-0.4, -0.2) is 39.5 Å². The van der Waals surface area contributed by atoms with E-state index in [-0.39, 0.29) is 12.4 Å². The van der Waals surface area contributed by atoms with Crippen LogP contribution in [0.3, 0.4) is 0 Å². The molecule has 4 nitrogen and oxygen atoms in total. The summed E-state index contributed by atoms with van der Waals surface area (Å²) in [6.45, 7) is -0.273. The van der Waals surface area contributed by atoms with E-state index in [4.69, 9.17) is 4.55 Å². The lowest BCUT2D eigenvalue weighted by Gasteiger charge is -1.98. The lowest BCUT2D eigenvalue weighted by atomic mass is 10.1. The molecule has 0 atom stereocenters. The molecule has 0 aliphatic rings. The summed E-state index contributed by atoms with van der Waals surface area (Å²) in [7, 11) is -0.0315. The summed E-state index contributed by atoms with van der Waals surface area (Å²) in [6.07, 6.45) is 4.59. The van der Waals surface area contributed by atoms with Gasteiger partial charge in [0, 0.05) is 0 Å². The second-order valence-corrected chi connectivity index (χ2v) is 5.17. The topological polar surface area (TPSA) is 66.4 Å². The van der Waals surface area contributed by atoms with Crippen molar-refractivity contribution in [1.29, 1.82) is 0 Å². The van der Waals surface area contributed by atoms with Gasteiger partial charge in [-0.1, -0.05) is 25.7 Å². The Hall–Kier alpha value is -0.200. The molecule has 0 fully saturated rings. The summed E-state index contributed by atoms with van der Waals surface area (Å²) in [5, 5.41) is 2.75. The van der Waals surface area contributed by atoms with Crippen molar-refractivity contribution in [2.24, 2.45) is 0 Å². The maximum Gasteiger partial charge on any atom is 0.264 e. The van der Waals surface area contributed by atoms with Crippen molar-refractivity contribution in [2.75, 3.05) is 26.5 Å². The molecule has 0 aromatic carbocycles. The molecule has 0 amide bonds. The number of hydrogen-bond donors (Lipinski definition) is 2. The molecule has 0 saturated heterocycles. The molecule has 0 rings (SSSR count). The van der Waals surface area contributed by atoms with Crippen LogP contribution in [0.2, 0.25) is 0 Å². The number of unbranched alkanes of at least 4 members (excludes halogenated alkanes) is 5. The van der Waals surface area contributed by atoms with Crippen LogP contribution < -0.4 is 5.32 Å². The van der Waals surface area contributed by atoms with Gasteiger partial charge >= 0.3 is 0 Å². The van der Waals surface area contributed by atoms with E-state index in [2.05, 4.69) is 5.32 Å². The van der Waals surface area contributed by atoms with Gasteiger partial charge < -0.3 is 5.32 Å². The predicted octanol–water partition coefficient (Wildman–Crippen LogP) is 2.02. The minimum absolute atomic E-state index is 0.157. The molecular formula is C10H24FNO3S. The average molecular weight is 257 g/mol. The molecule has 0 unspecified atom stereocenters. The minimum Gasteiger partial charge on any atom is -0.323 e. The fourth-order valence-electron chi connectivity index (χ4n) is 1.09. The molecule has 0 aromatic rings. The van der Waals surface area contributed by atoms with Gasteiger partial charge in [0.2, 0.25) is 0 Å². The average Bonchev–Trinajstić information content (AvgIpc) is 2.16. The van der Waals surface area contributed by atoms with Crippen LogP contribution in [0.5, 0.6) is 0 Å². The zero-order chi connectivity index (χ0) is 12.9. The molecule has 0 bridgehead atoms. The second-order valence-electron chi connectivity index (χ2n) is 3.60. The van der Waals surface area contributed by atoms with Gasteiger partial charge in [-0.3, -0.25) is 8.94 Å². The van der Waals surface area contributed by atoms with Gasteiger partial charge in [-0.15, -0.1) is 0 Å².